The predicted molar refractivity (Wildman–Crippen MR) is 212 cm³/mol. The van der Waals surface area contributed by atoms with Crippen molar-refractivity contribution in [3.63, 3.8) is 0 Å². The molecule has 2 aliphatic rings. The molecule has 4 amide bonds. The van der Waals surface area contributed by atoms with Crippen LogP contribution >= 0.6 is 0 Å². The van der Waals surface area contributed by atoms with Crippen molar-refractivity contribution in [2.45, 2.75) is 134 Å². The number of hydrogen-bond acceptors (Lipinski definition) is 10. The van der Waals surface area contributed by atoms with Crippen molar-refractivity contribution in [1.29, 1.82) is 0 Å². The summed E-state index contributed by atoms with van der Waals surface area (Å²) in [6, 6.07) is 4.05. The quantitative estimate of drug-likeness (QED) is 0.178. The van der Waals surface area contributed by atoms with E-state index in [0.717, 1.165) is 18.4 Å². The molecule has 2 fully saturated rings. The Morgan fingerprint density at radius 3 is 2.02 bits per heavy atom. The average Bonchev–Trinajstić information content (AvgIpc) is 3.69. The third-order valence-electron chi connectivity index (χ3n) is 11.7. The topological polar surface area (TPSA) is 181 Å². The van der Waals surface area contributed by atoms with Crippen molar-refractivity contribution in [2.75, 3.05) is 41.9 Å². The number of nitrogens with zero attached hydrogens (tertiary/aromatic N) is 3. The zero-order valence-corrected chi connectivity index (χ0v) is 35.9. The maximum Gasteiger partial charge on any atom is 0.264 e. The molecular weight excluding hydrogens is 725 g/mol. The van der Waals surface area contributed by atoms with E-state index in [-0.39, 0.29) is 46.8 Å². The molecule has 312 valence electrons. The Morgan fingerprint density at radius 2 is 1.55 bits per heavy atom. The smallest absolute Gasteiger partial charge is 0.264 e. The molecule has 1 aliphatic heterocycles. The van der Waals surface area contributed by atoms with Gasteiger partial charge in [0.05, 0.1) is 47.6 Å². The fourth-order valence-corrected chi connectivity index (χ4v) is 9.15. The summed E-state index contributed by atoms with van der Waals surface area (Å²) in [6.45, 7) is 13.8. The third-order valence-corrected chi connectivity index (χ3v) is 13.1. The molecule has 4 N–H and O–H groups in total. The summed E-state index contributed by atoms with van der Waals surface area (Å²) in [5.74, 6) is -2.61. The lowest BCUT2D eigenvalue weighted by atomic mass is 9.89. The van der Waals surface area contributed by atoms with Crippen LogP contribution in [-0.2, 0) is 44.2 Å². The summed E-state index contributed by atoms with van der Waals surface area (Å²) in [5.41, 5.74) is 6.68. The first kappa shape index (κ1) is 46.3. The Bertz CT molecular complexity index is 1570. The van der Waals surface area contributed by atoms with Crippen molar-refractivity contribution in [3.8, 4) is 0 Å². The maximum atomic E-state index is 14.2. The number of rotatable bonds is 20. The van der Waals surface area contributed by atoms with Crippen LogP contribution in [0.1, 0.15) is 92.6 Å². The lowest BCUT2D eigenvalue weighted by Crippen LogP contribution is -2.59. The van der Waals surface area contributed by atoms with Crippen LogP contribution in [0.4, 0.5) is 0 Å². The second-order valence-electron chi connectivity index (χ2n) is 16.6. The van der Waals surface area contributed by atoms with Crippen LogP contribution in [-0.4, -0.2) is 125 Å². The predicted octanol–water partition coefficient (Wildman–Crippen LogP) is 3.09. The lowest BCUT2D eigenvalue weighted by molar-refractivity contribution is -0.148. The van der Waals surface area contributed by atoms with Gasteiger partial charge in [0.1, 0.15) is 6.04 Å². The lowest BCUT2D eigenvalue weighted by Gasteiger charge is -2.41. The van der Waals surface area contributed by atoms with Gasteiger partial charge in [-0.25, -0.2) is 13.1 Å². The number of sulfonamides is 1. The van der Waals surface area contributed by atoms with Crippen LogP contribution in [0.3, 0.4) is 0 Å². The summed E-state index contributed by atoms with van der Waals surface area (Å²) >= 11 is 0. The highest BCUT2D eigenvalue weighted by Crippen LogP contribution is 2.42. The van der Waals surface area contributed by atoms with Gasteiger partial charge in [-0.15, -0.1) is 0 Å². The Labute approximate surface area is 329 Å². The zero-order chi connectivity index (χ0) is 41.6. The molecule has 8 atom stereocenters. The van der Waals surface area contributed by atoms with E-state index >= 15 is 0 Å². The van der Waals surface area contributed by atoms with E-state index in [4.69, 9.17) is 15.2 Å². The molecule has 1 unspecified atom stereocenters. The van der Waals surface area contributed by atoms with Gasteiger partial charge >= 0.3 is 0 Å². The van der Waals surface area contributed by atoms with Crippen LogP contribution < -0.4 is 15.8 Å². The number of nitrogens with one attached hydrogen (secondary N) is 2. The Morgan fingerprint density at radius 1 is 0.945 bits per heavy atom. The molecule has 0 aromatic heterocycles. The third kappa shape index (κ3) is 11.1. The molecule has 1 aromatic rings. The number of ether oxygens (including phenoxy) is 2. The summed E-state index contributed by atoms with van der Waals surface area (Å²) < 4.78 is 40.4. The minimum Gasteiger partial charge on any atom is -0.379 e. The van der Waals surface area contributed by atoms with E-state index in [1.807, 2.05) is 60.5 Å². The maximum absolute atomic E-state index is 14.2. The number of benzene rings is 1. The molecule has 0 radical (unpaired) electrons. The summed E-state index contributed by atoms with van der Waals surface area (Å²) in [5, 5.41) is 3.02. The minimum absolute atomic E-state index is 0.0273. The van der Waals surface area contributed by atoms with Gasteiger partial charge in [-0.2, -0.15) is 0 Å². The van der Waals surface area contributed by atoms with E-state index in [0.29, 0.717) is 25.8 Å². The molecule has 1 saturated carbocycles. The van der Waals surface area contributed by atoms with E-state index < -0.39 is 63.8 Å². The van der Waals surface area contributed by atoms with Crippen molar-refractivity contribution in [3.05, 3.63) is 29.8 Å². The van der Waals surface area contributed by atoms with Gasteiger partial charge in [0.15, 0.2) is 0 Å². The Kier molecular flexibility index (Phi) is 16.3. The molecule has 1 aromatic carbocycles. The van der Waals surface area contributed by atoms with Crippen LogP contribution in [0.15, 0.2) is 29.2 Å². The van der Waals surface area contributed by atoms with Gasteiger partial charge in [0.2, 0.25) is 23.6 Å². The van der Waals surface area contributed by atoms with Gasteiger partial charge in [0, 0.05) is 33.4 Å². The molecule has 0 spiro atoms. The molecule has 1 aliphatic carbocycles. The molecule has 15 heteroatoms. The SMILES string of the molecule is CC[C@H](C)[C@@H]([C@@H](CC(=O)N1CCC[C@H]1[C@H](OC)[C@@H](C)C(=O)NS(=O)(=O)c1ccc(C2(N)CC2)cc1)OC)N(C)C(=O)[C@@H](NC(=O)C(C(C)C)N(C)C)C(C)C. The second kappa shape index (κ2) is 19.4. The Balaban J connectivity index is 1.77. The first-order valence-electron chi connectivity index (χ1n) is 19.7. The Hall–Kier alpha value is -3.11. The number of carbonyl (C=O) groups is 4. The summed E-state index contributed by atoms with van der Waals surface area (Å²) in [7, 11) is 4.18. The molecule has 1 heterocycles. The highest BCUT2D eigenvalue weighted by molar-refractivity contribution is 7.90. The van der Waals surface area contributed by atoms with E-state index in [1.54, 1.807) is 35.9 Å². The van der Waals surface area contributed by atoms with E-state index in [9.17, 15) is 27.6 Å². The number of likely N-dealkylation sites (N-methyl/N-ethyl adjacent to an activating group) is 2. The van der Waals surface area contributed by atoms with Gasteiger partial charge in [-0.05, 0) is 75.2 Å². The highest BCUT2D eigenvalue weighted by Gasteiger charge is 2.44. The monoisotopic (exact) mass is 792 g/mol. The minimum atomic E-state index is -4.18. The van der Waals surface area contributed by atoms with Crippen LogP contribution in [0.25, 0.3) is 0 Å². The molecule has 1 saturated heterocycles. The van der Waals surface area contributed by atoms with Gasteiger partial charge < -0.3 is 30.3 Å². The fourth-order valence-electron chi connectivity index (χ4n) is 8.08. The molecular formula is C40H68N6O8S. The van der Waals surface area contributed by atoms with Gasteiger partial charge in [-0.1, -0.05) is 67.0 Å². The van der Waals surface area contributed by atoms with E-state index in [1.165, 1.54) is 26.4 Å². The molecule has 0 bridgehead atoms. The highest BCUT2D eigenvalue weighted by atomic mass is 32.2. The number of methoxy groups -OCH3 is 2. The van der Waals surface area contributed by atoms with Crippen LogP contribution in [0.2, 0.25) is 0 Å². The molecule has 3 rings (SSSR count). The summed E-state index contributed by atoms with van der Waals surface area (Å²) in [4.78, 5) is 60.4. The van der Waals surface area contributed by atoms with Gasteiger partial charge in [0.25, 0.3) is 10.0 Å². The molecule has 14 nitrogen and oxygen atoms in total. The first-order valence-corrected chi connectivity index (χ1v) is 21.2. The number of amides is 4. The number of carbonyl (C=O) groups excluding carboxylic acids is 4. The first-order chi connectivity index (χ1) is 25.6. The fraction of sp³-hybridized carbons (Fsp3) is 0.750. The van der Waals surface area contributed by atoms with Crippen molar-refractivity contribution in [1.82, 2.24) is 24.7 Å². The van der Waals surface area contributed by atoms with E-state index in [2.05, 4.69) is 10.0 Å². The normalized spacial score (nSPS) is 20.7. The average molecular weight is 793 g/mol. The number of nitrogens with two attached hydrogens (primary N) is 1. The standard InChI is InChI=1S/C40H68N6O8S/c1-13-26(6)35(45(10)39(50)33(24(2)3)42-38(49)34(25(4)5)44(8)9)31(53-11)23-32(47)46-22-14-15-30(46)36(54-12)27(7)37(48)43-55(51,52)29-18-16-28(17-19-29)40(41)20-21-40/h16-19,24-27,30-31,33-36H,13-15,20-23,41H2,1-12H3,(H,42,49)(H,43,48)/t26-,27+,30-,31+,33-,34?,35-,36+/m0/s1. The van der Waals surface area contributed by atoms with Crippen molar-refractivity contribution in [2.24, 2.45) is 29.4 Å². The van der Waals surface area contributed by atoms with Crippen LogP contribution in [0, 0.1) is 23.7 Å². The number of likely N-dealkylation sites (tertiary alicyclic amines) is 1. The largest absolute Gasteiger partial charge is 0.379 e. The van der Waals surface area contributed by atoms with Gasteiger partial charge in [-0.3, -0.25) is 24.1 Å². The zero-order valence-electron chi connectivity index (χ0n) is 35.1. The number of hydrogen-bond donors (Lipinski definition) is 3. The van der Waals surface area contributed by atoms with Crippen molar-refractivity contribution < 1.29 is 37.1 Å². The van der Waals surface area contributed by atoms with Crippen LogP contribution in [0.5, 0.6) is 0 Å². The van der Waals surface area contributed by atoms with Crippen molar-refractivity contribution >= 4 is 33.7 Å². The summed E-state index contributed by atoms with van der Waals surface area (Å²) in [6.07, 6.45) is 2.09. The second-order valence-corrected chi connectivity index (χ2v) is 18.3. The molecule has 55 heavy (non-hydrogen) atoms.